The molecule has 0 bridgehead atoms. The molecular formula is C15H12Cl2N4O2S. The third kappa shape index (κ3) is 3.87. The average molecular weight is 383 g/mol. The van der Waals surface area contributed by atoms with Gasteiger partial charge >= 0.3 is 0 Å². The van der Waals surface area contributed by atoms with E-state index in [4.69, 9.17) is 23.2 Å². The van der Waals surface area contributed by atoms with Crippen LogP contribution in [0, 0.1) is 0 Å². The Balaban J connectivity index is 1.76. The molecule has 0 aliphatic rings. The van der Waals surface area contributed by atoms with Crippen LogP contribution >= 0.6 is 23.2 Å². The maximum absolute atomic E-state index is 12.2. The standard InChI is InChI=1S/C15H12Cl2N4O2S/c16-12-7-6-11(14(17)8-12)9-21-10-18-15(19-21)20-24(22,23)13-4-2-1-3-5-13/h1-8,10H,9H2,(H,19,20). The number of rotatable bonds is 5. The van der Waals surface area contributed by atoms with Gasteiger partial charge in [0.05, 0.1) is 11.4 Å². The third-order valence-corrected chi connectivity index (χ3v) is 5.09. The fraction of sp³-hybridized carbons (Fsp3) is 0.0667. The minimum absolute atomic E-state index is 0.0102. The zero-order chi connectivity index (χ0) is 17.2. The maximum atomic E-state index is 12.2. The van der Waals surface area contributed by atoms with Gasteiger partial charge in [0.25, 0.3) is 16.0 Å². The van der Waals surface area contributed by atoms with Crippen LogP contribution in [0.2, 0.25) is 10.0 Å². The summed E-state index contributed by atoms with van der Waals surface area (Å²) in [5.41, 5.74) is 0.795. The molecule has 0 unspecified atom stereocenters. The minimum Gasteiger partial charge on any atom is -0.246 e. The van der Waals surface area contributed by atoms with E-state index in [9.17, 15) is 8.42 Å². The van der Waals surface area contributed by atoms with E-state index in [1.165, 1.54) is 23.1 Å². The van der Waals surface area contributed by atoms with Crippen molar-refractivity contribution in [1.29, 1.82) is 0 Å². The van der Waals surface area contributed by atoms with E-state index < -0.39 is 10.0 Å². The van der Waals surface area contributed by atoms with Gasteiger partial charge in [0.2, 0.25) is 0 Å². The summed E-state index contributed by atoms with van der Waals surface area (Å²) in [4.78, 5) is 4.10. The van der Waals surface area contributed by atoms with Gasteiger partial charge < -0.3 is 0 Å². The normalized spacial score (nSPS) is 11.4. The third-order valence-electron chi connectivity index (χ3n) is 3.16. The summed E-state index contributed by atoms with van der Waals surface area (Å²) in [6.45, 7) is 0.343. The number of hydrogen-bond acceptors (Lipinski definition) is 4. The lowest BCUT2D eigenvalue weighted by molar-refractivity contribution is 0.600. The first-order chi connectivity index (χ1) is 11.4. The van der Waals surface area contributed by atoms with E-state index in [1.807, 2.05) is 0 Å². The minimum atomic E-state index is -3.72. The molecule has 0 radical (unpaired) electrons. The molecule has 0 spiro atoms. The molecule has 0 aliphatic carbocycles. The van der Waals surface area contributed by atoms with Gasteiger partial charge in [-0.05, 0) is 29.8 Å². The van der Waals surface area contributed by atoms with Gasteiger partial charge in [0, 0.05) is 10.0 Å². The lowest BCUT2D eigenvalue weighted by atomic mass is 10.2. The highest BCUT2D eigenvalue weighted by Crippen LogP contribution is 2.21. The molecule has 0 fully saturated rings. The molecule has 124 valence electrons. The van der Waals surface area contributed by atoms with Crippen molar-refractivity contribution in [3.05, 3.63) is 70.5 Å². The van der Waals surface area contributed by atoms with Crippen molar-refractivity contribution in [3.8, 4) is 0 Å². The van der Waals surface area contributed by atoms with Crippen LogP contribution in [0.25, 0.3) is 0 Å². The molecule has 3 aromatic rings. The van der Waals surface area contributed by atoms with Crippen molar-refractivity contribution in [2.75, 3.05) is 4.72 Å². The number of aromatic nitrogens is 3. The molecule has 1 aromatic heterocycles. The average Bonchev–Trinajstić information content (AvgIpc) is 2.97. The first kappa shape index (κ1) is 16.8. The summed E-state index contributed by atoms with van der Waals surface area (Å²) < 4.78 is 28.3. The SMILES string of the molecule is O=S(=O)(Nc1ncn(Cc2ccc(Cl)cc2Cl)n1)c1ccccc1. The van der Waals surface area contributed by atoms with Crippen LogP contribution in [-0.2, 0) is 16.6 Å². The highest BCUT2D eigenvalue weighted by Gasteiger charge is 2.16. The fourth-order valence-corrected chi connectivity index (χ4v) is 3.46. The van der Waals surface area contributed by atoms with Crippen molar-refractivity contribution in [2.45, 2.75) is 11.4 Å². The van der Waals surface area contributed by atoms with E-state index >= 15 is 0 Å². The Hall–Kier alpha value is -2.09. The number of benzene rings is 2. The molecular weight excluding hydrogens is 371 g/mol. The Labute approximate surface area is 149 Å². The second-order valence-electron chi connectivity index (χ2n) is 4.92. The molecule has 2 aromatic carbocycles. The Bertz CT molecular complexity index is 959. The predicted molar refractivity (Wildman–Crippen MR) is 92.8 cm³/mol. The molecule has 1 N–H and O–H groups in total. The zero-order valence-corrected chi connectivity index (χ0v) is 14.6. The molecule has 6 nitrogen and oxygen atoms in total. The molecule has 0 saturated heterocycles. The monoisotopic (exact) mass is 382 g/mol. The zero-order valence-electron chi connectivity index (χ0n) is 12.2. The van der Waals surface area contributed by atoms with Gasteiger partial charge in [-0.25, -0.2) is 17.8 Å². The van der Waals surface area contributed by atoms with Crippen LogP contribution in [0.3, 0.4) is 0 Å². The second-order valence-corrected chi connectivity index (χ2v) is 7.45. The van der Waals surface area contributed by atoms with Gasteiger partial charge in [-0.3, -0.25) is 0 Å². The predicted octanol–water partition coefficient (Wildman–Crippen LogP) is 3.43. The topological polar surface area (TPSA) is 76.9 Å². The van der Waals surface area contributed by atoms with Crippen LogP contribution in [-0.4, -0.2) is 23.2 Å². The van der Waals surface area contributed by atoms with Crippen molar-refractivity contribution in [1.82, 2.24) is 14.8 Å². The molecule has 0 saturated carbocycles. The van der Waals surface area contributed by atoms with Crippen molar-refractivity contribution >= 4 is 39.2 Å². The van der Waals surface area contributed by atoms with E-state index in [0.717, 1.165) is 5.56 Å². The lowest BCUT2D eigenvalue weighted by Crippen LogP contribution is -2.14. The van der Waals surface area contributed by atoms with Crippen molar-refractivity contribution in [3.63, 3.8) is 0 Å². The summed E-state index contributed by atoms with van der Waals surface area (Å²) in [5, 5.41) is 5.15. The highest BCUT2D eigenvalue weighted by molar-refractivity contribution is 7.92. The van der Waals surface area contributed by atoms with Gasteiger partial charge in [0.15, 0.2) is 0 Å². The van der Waals surface area contributed by atoms with E-state index in [-0.39, 0.29) is 10.8 Å². The number of hydrogen-bond donors (Lipinski definition) is 1. The largest absolute Gasteiger partial charge is 0.264 e. The van der Waals surface area contributed by atoms with E-state index in [1.54, 1.807) is 36.4 Å². The molecule has 0 amide bonds. The van der Waals surface area contributed by atoms with Gasteiger partial charge in [-0.1, -0.05) is 47.5 Å². The van der Waals surface area contributed by atoms with Crippen LogP contribution in [0.15, 0.2) is 59.8 Å². The smallest absolute Gasteiger partial charge is 0.246 e. The molecule has 1 heterocycles. The Kier molecular flexibility index (Phi) is 4.75. The number of sulfonamides is 1. The maximum Gasteiger partial charge on any atom is 0.264 e. The van der Waals surface area contributed by atoms with Crippen molar-refractivity contribution in [2.24, 2.45) is 0 Å². The van der Waals surface area contributed by atoms with E-state index in [0.29, 0.717) is 16.6 Å². The Morgan fingerprint density at radius 2 is 1.83 bits per heavy atom. The van der Waals surface area contributed by atoms with E-state index in [2.05, 4.69) is 14.8 Å². The first-order valence-corrected chi connectivity index (χ1v) is 9.09. The number of nitrogens with zero attached hydrogens (tertiary/aromatic N) is 3. The fourth-order valence-electron chi connectivity index (χ4n) is 2.02. The van der Waals surface area contributed by atoms with Crippen LogP contribution < -0.4 is 4.72 Å². The lowest BCUT2D eigenvalue weighted by Gasteiger charge is -2.05. The molecule has 0 atom stereocenters. The van der Waals surface area contributed by atoms with Gasteiger partial charge in [-0.2, -0.15) is 4.98 Å². The van der Waals surface area contributed by atoms with Gasteiger partial charge in [-0.15, -0.1) is 5.10 Å². The van der Waals surface area contributed by atoms with Crippen LogP contribution in [0.1, 0.15) is 5.56 Å². The quantitative estimate of drug-likeness (QED) is 0.732. The Morgan fingerprint density at radius 3 is 2.54 bits per heavy atom. The second kappa shape index (κ2) is 6.80. The number of anilines is 1. The summed E-state index contributed by atoms with van der Waals surface area (Å²) >= 11 is 12.0. The summed E-state index contributed by atoms with van der Waals surface area (Å²) in [7, 11) is -3.72. The Morgan fingerprint density at radius 1 is 1.08 bits per heavy atom. The number of halogens is 2. The molecule has 24 heavy (non-hydrogen) atoms. The van der Waals surface area contributed by atoms with Crippen LogP contribution in [0.4, 0.5) is 5.95 Å². The summed E-state index contributed by atoms with van der Waals surface area (Å²) in [6.07, 6.45) is 1.42. The molecule has 9 heteroatoms. The van der Waals surface area contributed by atoms with Crippen LogP contribution in [0.5, 0.6) is 0 Å². The summed E-state index contributed by atoms with van der Waals surface area (Å²) in [5.74, 6) is -0.0102. The first-order valence-electron chi connectivity index (χ1n) is 6.85. The van der Waals surface area contributed by atoms with Gasteiger partial charge in [0.1, 0.15) is 6.33 Å². The summed E-state index contributed by atoms with van der Waals surface area (Å²) in [6, 6.07) is 13.1. The molecule has 0 aliphatic heterocycles. The number of nitrogens with one attached hydrogen (secondary N) is 1. The highest BCUT2D eigenvalue weighted by atomic mass is 35.5. The van der Waals surface area contributed by atoms with Crippen molar-refractivity contribution < 1.29 is 8.42 Å². The molecule has 3 rings (SSSR count).